The zero-order valence-electron chi connectivity index (χ0n) is 12.6. The van der Waals surface area contributed by atoms with E-state index in [0.717, 1.165) is 27.8 Å². The number of ether oxygens (including phenoxy) is 2. The molecule has 0 aliphatic heterocycles. The number of nitrogens with one attached hydrogen (secondary N) is 1. The fourth-order valence-corrected chi connectivity index (χ4v) is 2.42. The van der Waals surface area contributed by atoms with Gasteiger partial charge in [0.1, 0.15) is 18.1 Å². The van der Waals surface area contributed by atoms with Gasteiger partial charge in [-0.3, -0.25) is 0 Å². The van der Waals surface area contributed by atoms with Gasteiger partial charge < -0.3 is 14.5 Å². The first kappa shape index (κ1) is 14.2. The average Bonchev–Trinajstić information content (AvgIpc) is 2.97. The van der Waals surface area contributed by atoms with Crippen molar-refractivity contribution in [2.24, 2.45) is 0 Å². The lowest BCUT2D eigenvalue weighted by atomic mass is 10.1. The van der Waals surface area contributed by atoms with Gasteiger partial charge in [0.15, 0.2) is 0 Å². The Morgan fingerprint density at radius 2 is 1.95 bits per heavy atom. The molecule has 0 bridgehead atoms. The summed E-state index contributed by atoms with van der Waals surface area (Å²) in [7, 11) is 1.60. The zero-order valence-corrected chi connectivity index (χ0v) is 12.6. The number of hydrogen-bond acceptors (Lipinski definition) is 3. The van der Waals surface area contributed by atoms with Crippen molar-refractivity contribution in [2.45, 2.75) is 13.5 Å². The molecule has 4 heteroatoms. The number of methoxy groups -OCH3 is 1. The lowest BCUT2D eigenvalue weighted by Gasteiger charge is -2.09. The van der Waals surface area contributed by atoms with Crippen LogP contribution in [-0.2, 0) is 11.3 Å². The Bertz CT molecular complexity index is 787. The monoisotopic (exact) mass is 295 g/mol. The third-order valence-corrected chi connectivity index (χ3v) is 3.54. The van der Waals surface area contributed by atoms with Crippen LogP contribution < -0.4 is 4.74 Å². The highest BCUT2D eigenvalue weighted by atomic mass is 16.5. The molecule has 0 aliphatic rings. The van der Waals surface area contributed by atoms with Crippen LogP contribution in [0.3, 0.4) is 0 Å². The minimum absolute atomic E-state index is 0.180. The second-order valence-corrected chi connectivity index (χ2v) is 5.16. The highest BCUT2D eigenvalue weighted by Crippen LogP contribution is 2.21. The predicted octanol–water partition coefficient (Wildman–Crippen LogP) is 3.84. The molecule has 3 rings (SSSR count). The molecule has 0 radical (unpaired) electrons. The van der Waals surface area contributed by atoms with Gasteiger partial charge in [0.25, 0.3) is 0 Å². The molecule has 4 nitrogen and oxygen atoms in total. The van der Waals surface area contributed by atoms with E-state index in [-0.39, 0.29) is 12.6 Å². The van der Waals surface area contributed by atoms with E-state index in [1.54, 1.807) is 13.2 Å². The number of fused-ring (bicyclic) bond motifs is 1. The number of aryl methyl sites for hydroxylation is 1. The maximum absolute atomic E-state index is 12.2. The van der Waals surface area contributed by atoms with E-state index in [4.69, 9.17) is 9.47 Å². The number of rotatable bonds is 4. The Labute approximate surface area is 128 Å². The van der Waals surface area contributed by atoms with Gasteiger partial charge in [0, 0.05) is 16.5 Å². The van der Waals surface area contributed by atoms with E-state index in [1.165, 1.54) is 0 Å². The van der Waals surface area contributed by atoms with Crippen molar-refractivity contribution >= 4 is 16.9 Å². The molecule has 22 heavy (non-hydrogen) atoms. The fraction of sp³-hybridized carbons (Fsp3) is 0.167. The van der Waals surface area contributed by atoms with Crippen LogP contribution in [0.15, 0.2) is 48.5 Å². The highest BCUT2D eigenvalue weighted by Gasteiger charge is 2.12. The second kappa shape index (κ2) is 5.93. The third-order valence-electron chi connectivity index (χ3n) is 3.54. The van der Waals surface area contributed by atoms with Gasteiger partial charge in [-0.1, -0.05) is 29.8 Å². The van der Waals surface area contributed by atoms with Gasteiger partial charge in [0.05, 0.1) is 7.11 Å². The van der Waals surface area contributed by atoms with E-state index < -0.39 is 0 Å². The topological polar surface area (TPSA) is 51.3 Å². The number of aromatic nitrogens is 1. The zero-order chi connectivity index (χ0) is 15.5. The summed E-state index contributed by atoms with van der Waals surface area (Å²) in [5.41, 5.74) is 3.32. The molecule has 2 aromatic carbocycles. The van der Waals surface area contributed by atoms with Crippen LogP contribution in [0.1, 0.15) is 21.6 Å². The van der Waals surface area contributed by atoms with Crippen molar-refractivity contribution in [3.05, 3.63) is 65.4 Å². The number of benzene rings is 2. The molecule has 0 spiro atoms. The minimum Gasteiger partial charge on any atom is -0.496 e. The first-order valence-electron chi connectivity index (χ1n) is 7.06. The molecule has 1 aromatic heterocycles. The van der Waals surface area contributed by atoms with Crippen LogP contribution >= 0.6 is 0 Å². The van der Waals surface area contributed by atoms with Gasteiger partial charge >= 0.3 is 5.97 Å². The molecule has 0 unspecified atom stereocenters. The van der Waals surface area contributed by atoms with Gasteiger partial charge in [-0.25, -0.2) is 4.79 Å². The molecular formula is C18H17NO3. The molecule has 0 fully saturated rings. The number of esters is 1. The summed E-state index contributed by atoms with van der Waals surface area (Å²) in [5, 5.41) is 0.989. The lowest BCUT2D eigenvalue weighted by Crippen LogP contribution is -2.06. The Morgan fingerprint density at radius 1 is 1.14 bits per heavy atom. The maximum atomic E-state index is 12.2. The number of para-hydroxylation sites is 1. The van der Waals surface area contributed by atoms with E-state index in [2.05, 4.69) is 4.98 Å². The van der Waals surface area contributed by atoms with Gasteiger partial charge in [-0.2, -0.15) is 0 Å². The van der Waals surface area contributed by atoms with E-state index in [0.29, 0.717) is 5.69 Å². The Hall–Kier alpha value is -2.75. The summed E-state index contributed by atoms with van der Waals surface area (Å²) in [4.78, 5) is 15.2. The minimum atomic E-state index is -0.375. The van der Waals surface area contributed by atoms with Gasteiger partial charge in [0.2, 0.25) is 0 Å². The normalized spacial score (nSPS) is 10.6. The van der Waals surface area contributed by atoms with Crippen molar-refractivity contribution in [3.8, 4) is 5.75 Å². The molecule has 0 saturated carbocycles. The van der Waals surface area contributed by atoms with Crippen LogP contribution in [0, 0.1) is 6.92 Å². The number of aromatic amines is 1. The summed E-state index contributed by atoms with van der Waals surface area (Å²) >= 11 is 0. The van der Waals surface area contributed by atoms with Crippen LogP contribution in [0.4, 0.5) is 0 Å². The summed E-state index contributed by atoms with van der Waals surface area (Å²) in [6.45, 7) is 2.17. The number of H-pyrrole nitrogens is 1. The van der Waals surface area contributed by atoms with E-state index >= 15 is 0 Å². The van der Waals surface area contributed by atoms with Crippen molar-refractivity contribution in [1.29, 1.82) is 0 Å². The molecule has 0 saturated heterocycles. The summed E-state index contributed by atoms with van der Waals surface area (Å²) in [6.07, 6.45) is 0. The van der Waals surface area contributed by atoms with Crippen molar-refractivity contribution < 1.29 is 14.3 Å². The second-order valence-electron chi connectivity index (χ2n) is 5.16. The van der Waals surface area contributed by atoms with Crippen LogP contribution in [0.2, 0.25) is 0 Å². The van der Waals surface area contributed by atoms with Crippen molar-refractivity contribution in [1.82, 2.24) is 4.98 Å². The molecule has 3 aromatic rings. The largest absolute Gasteiger partial charge is 0.496 e. The van der Waals surface area contributed by atoms with E-state index in [1.807, 2.05) is 49.4 Å². The Morgan fingerprint density at radius 3 is 2.73 bits per heavy atom. The van der Waals surface area contributed by atoms with Crippen molar-refractivity contribution in [2.75, 3.05) is 7.11 Å². The first-order chi connectivity index (χ1) is 10.7. The molecule has 0 aliphatic carbocycles. The first-order valence-corrected chi connectivity index (χ1v) is 7.06. The van der Waals surface area contributed by atoms with Gasteiger partial charge in [-0.15, -0.1) is 0 Å². The van der Waals surface area contributed by atoms with Crippen LogP contribution in [0.5, 0.6) is 5.75 Å². The SMILES string of the molecule is COc1ccc(C)cc1COC(=O)c1cc2ccccc2[nH]1. The summed E-state index contributed by atoms with van der Waals surface area (Å²) < 4.78 is 10.7. The molecule has 1 heterocycles. The highest BCUT2D eigenvalue weighted by molar-refractivity contribution is 5.94. The van der Waals surface area contributed by atoms with Crippen LogP contribution in [0.25, 0.3) is 10.9 Å². The van der Waals surface area contributed by atoms with Gasteiger partial charge in [-0.05, 0) is 31.2 Å². The molecule has 1 N–H and O–H groups in total. The Kier molecular flexibility index (Phi) is 3.83. The maximum Gasteiger partial charge on any atom is 0.355 e. The fourth-order valence-electron chi connectivity index (χ4n) is 2.42. The average molecular weight is 295 g/mol. The number of carbonyl (C=O) groups is 1. The molecular weight excluding hydrogens is 278 g/mol. The molecule has 0 atom stereocenters. The summed E-state index contributed by atoms with van der Waals surface area (Å²) in [6, 6.07) is 15.3. The van der Waals surface area contributed by atoms with E-state index in [9.17, 15) is 4.79 Å². The lowest BCUT2D eigenvalue weighted by molar-refractivity contribution is 0.0464. The smallest absolute Gasteiger partial charge is 0.355 e. The molecule has 112 valence electrons. The Balaban J connectivity index is 1.76. The quantitative estimate of drug-likeness (QED) is 0.744. The van der Waals surface area contributed by atoms with Crippen LogP contribution in [-0.4, -0.2) is 18.1 Å². The number of carbonyl (C=O) groups excluding carboxylic acids is 1. The standard InChI is InChI=1S/C18H17NO3/c1-12-7-8-17(21-2)14(9-12)11-22-18(20)16-10-13-5-3-4-6-15(13)19-16/h3-10,19H,11H2,1-2H3. The van der Waals surface area contributed by atoms with Crippen molar-refractivity contribution in [3.63, 3.8) is 0 Å². The number of hydrogen-bond donors (Lipinski definition) is 1. The predicted molar refractivity (Wildman–Crippen MR) is 85.1 cm³/mol. The molecule has 0 amide bonds. The summed E-state index contributed by atoms with van der Waals surface area (Å²) in [5.74, 6) is 0.342. The third kappa shape index (κ3) is 2.81.